The number of pyridine rings is 1. The van der Waals surface area contributed by atoms with Crippen LogP contribution in [-0.4, -0.2) is 27.1 Å². The zero-order valence-corrected chi connectivity index (χ0v) is 10.4. The van der Waals surface area contributed by atoms with Crippen molar-refractivity contribution in [2.75, 3.05) is 7.11 Å². The first-order valence-corrected chi connectivity index (χ1v) is 5.84. The lowest BCUT2D eigenvalue weighted by Gasteiger charge is -2.02. The van der Waals surface area contributed by atoms with Crippen LogP contribution in [0, 0.1) is 0 Å². The third kappa shape index (κ3) is 2.30. The van der Waals surface area contributed by atoms with E-state index in [0.717, 1.165) is 22.7 Å². The number of hydrogen-bond donors (Lipinski definition) is 0. The highest BCUT2D eigenvalue weighted by atomic mass is 16.5. The summed E-state index contributed by atoms with van der Waals surface area (Å²) < 4.78 is 5.19. The maximum absolute atomic E-state index is 5.19. The van der Waals surface area contributed by atoms with E-state index in [2.05, 4.69) is 15.2 Å². The summed E-state index contributed by atoms with van der Waals surface area (Å²) in [7, 11) is 1.64. The molecule has 2 aromatic heterocycles. The van der Waals surface area contributed by atoms with Crippen LogP contribution in [0.5, 0.6) is 5.75 Å². The van der Waals surface area contributed by atoms with E-state index in [-0.39, 0.29) is 0 Å². The molecule has 19 heavy (non-hydrogen) atoms. The number of ether oxygens (including phenoxy) is 1. The Kier molecular flexibility index (Phi) is 2.94. The lowest BCUT2D eigenvalue weighted by atomic mass is 10.2. The van der Waals surface area contributed by atoms with Gasteiger partial charge in [-0.2, -0.15) is 9.90 Å². The highest BCUT2D eigenvalue weighted by Crippen LogP contribution is 2.18. The number of methoxy groups -OCH3 is 1. The molecule has 94 valence electrons. The van der Waals surface area contributed by atoms with Gasteiger partial charge >= 0.3 is 0 Å². The fraction of sp³-hybridized carbons (Fsp3) is 0.0714. The van der Waals surface area contributed by atoms with Crippen LogP contribution < -0.4 is 4.74 Å². The van der Waals surface area contributed by atoms with E-state index in [9.17, 15) is 0 Å². The summed E-state index contributed by atoms with van der Waals surface area (Å²) in [5, 5.41) is 8.70. The van der Waals surface area contributed by atoms with Gasteiger partial charge in [0.25, 0.3) is 0 Å². The van der Waals surface area contributed by atoms with Crippen LogP contribution >= 0.6 is 0 Å². The predicted octanol–water partition coefficient (Wildman–Crippen LogP) is 2.34. The molecule has 0 saturated heterocycles. The zero-order valence-electron chi connectivity index (χ0n) is 10.4. The van der Waals surface area contributed by atoms with E-state index in [1.807, 2.05) is 36.4 Å². The van der Waals surface area contributed by atoms with Crippen LogP contribution in [0.15, 0.2) is 55.0 Å². The van der Waals surface area contributed by atoms with Crippen molar-refractivity contribution in [3.05, 3.63) is 55.0 Å². The molecule has 0 saturated carbocycles. The van der Waals surface area contributed by atoms with Crippen molar-refractivity contribution < 1.29 is 4.74 Å². The van der Waals surface area contributed by atoms with Crippen LogP contribution in [0.2, 0.25) is 0 Å². The quantitative estimate of drug-likeness (QED) is 0.718. The van der Waals surface area contributed by atoms with Crippen molar-refractivity contribution in [1.29, 1.82) is 0 Å². The summed E-state index contributed by atoms with van der Waals surface area (Å²) >= 11 is 0. The molecule has 0 spiro atoms. The Labute approximate surface area is 110 Å². The lowest BCUT2D eigenvalue weighted by Crippen LogP contribution is -1.99. The van der Waals surface area contributed by atoms with Gasteiger partial charge in [0.2, 0.25) is 0 Å². The van der Waals surface area contributed by atoms with E-state index in [1.165, 1.54) is 0 Å². The van der Waals surface area contributed by atoms with Crippen LogP contribution in [0.3, 0.4) is 0 Å². The molecule has 1 aromatic carbocycles. The highest BCUT2D eigenvalue weighted by molar-refractivity contribution is 5.56. The lowest BCUT2D eigenvalue weighted by molar-refractivity contribution is 0.414. The maximum Gasteiger partial charge on any atom is 0.121 e. The van der Waals surface area contributed by atoms with Gasteiger partial charge in [-0.25, -0.2) is 0 Å². The molecule has 0 bridgehead atoms. The molecule has 3 aromatic rings. The molecule has 0 aliphatic rings. The second-order valence-corrected chi connectivity index (χ2v) is 3.96. The third-order valence-corrected chi connectivity index (χ3v) is 2.73. The first kappa shape index (κ1) is 11.4. The van der Waals surface area contributed by atoms with Crippen molar-refractivity contribution in [2.45, 2.75) is 0 Å². The number of hydrogen-bond acceptors (Lipinski definition) is 4. The summed E-state index contributed by atoms with van der Waals surface area (Å²) in [4.78, 5) is 5.65. The molecule has 0 fully saturated rings. The summed E-state index contributed by atoms with van der Waals surface area (Å²) in [5.74, 6) is 0.776. The van der Waals surface area contributed by atoms with E-state index in [1.54, 1.807) is 30.5 Å². The Balaban J connectivity index is 1.97. The Hall–Kier alpha value is -2.69. The largest absolute Gasteiger partial charge is 0.497 e. The zero-order chi connectivity index (χ0) is 13.1. The van der Waals surface area contributed by atoms with Crippen molar-refractivity contribution in [3.8, 4) is 22.7 Å². The monoisotopic (exact) mass is 252 g/mol. The molecule has 0 amide bonds. The molecule has 5 heteroatoms. The number of rotatable bonds is 3. The summed E-state index contributed by atoms with van der Waals surface area (Å²) in [6.07, 6.45) is 5.21. The number of benzene rings is 1. The Morgan fingerprint density at radius 3 is 2.84 bits per heavy atom. The molecule has 0 N–H and O–H groups in total. The molecule has 0 atom stereocenters. The van der Waals surface area contributed by atoms with Gasteiger partial charge in [-0.05, 0) is 24.3 Å². The van der Waals surface area contributed by atoms with Gasteiger partial charge in [0.1, 0.15) is 11.4 Å². The minimum absolute atomic E-state index is 0.776. The second kappa shape index (κ2) is 4.89. The Morgan fingerprint density at radius 1 is 1.11 bits per heavy atom. The molecule has 0 radical (unpaired) electrons. The molecule has 0 aliphatic carbocycles. The summed E-state index contributed by atoms with van der Waals surface area (Å²) in [6, 6.07) is 11.4. The fourth-order valence-corrected chi connectivity index (χ4v) is 1.77. The maximum atomic E-state index is 5.19. The van der Waals surface area contributed by atoms with Crippen molar-refractivity contribution in [1.82, 2.24) is 20.0 Å². The average molecular weight is 252 g/mol. The summed E-state index contributed by atoms with van der Waals surface area (Å²) in [6.45, 7) is 0. The molecular weight excluding hydrogens is 240 g/mol. The molecule has 0 aliphatic heterocycles. The number of aromatic nitrogens is 4. The van der Waals surface area contributed by atoms with E-state index >= 15 is 0 Å². The normalized spacial score (nSPS) is 10.4. The average Bonchev–Trinajstić information content (AvgIpc) is 2.98. The van der Waals surface area contributed by atoms with Gasteiger partial charge in [0.05, 0.1) is 19.0 Å². The Bertz CT molecular complexity index is 679. The first-order chi connectivity index (χ1) is 9.36. The van der Waals surface area contributed by atoms with E-state index in [4.69, 9.17) is 4.74 Å². The predicted molar refractivity (Wildman–Crippen MR) is 71.1 cm³/mol. The van der Waals surface area contributed by atoms with Gasteiger partial charge < -0.3 is 4.74 Å². The molecule has 3 rings (SSSR count). The van der Waals surface area contributed by atoms with Gasteiger partial charge in [-0.15, -0.1) is 5.10 Å². The molecular formula is C14H12N4O. The van der Waals surface area contributed by atoms with E-state index in [0.29, 0.717) is 0 Å². The Morgan fingerprint density at radius 2 is 2.05 bits per heavy atom. The number of nitrogens with zero attached hydrogens (tertiary/aromatic N) is 4. The molecule has 0 unspecified atom stereocenters. The van der Waals surface area contributed by atoms with Gasteiger partial charge in [-0.3, -0.25) is 4.98 Å². The topological polar surface area (TPSA) is 52.8 Å². The standard InChI is InChI=1S/C14H12N4O/c1-19-13-6-2-5-12(8-13)18-16-10-14(17-18)11-4-3-7-15-9-11/h2-10H,1H3. The fourth-order valence-electron chi connectivity index (χ4n) is 1.77. The van der Waals surface area contributed by atoms with Crippen molar-refractivity contribution >= 4 is 0 Å². The highest BCUT2D eigenvalue weighted by Gasteiger charge is 2.05. The van der Waals surface area contributed by atoms with E-state index < -0.39 is 0 Å². The minimum Gasteiger partial charge on any atom is -0.497 e. The van der Waals surface area contributed by atoms with Crippen LogP contribution in [0.4, 0.5) is 0 Å². The second-order valence-electron chi connectivity index (χ2n) is 3.96. The molecule has 2 heterocycles. The van der Waals surface area contributed by atoms with Gasteiger partial charge in [0, 0.05) is 24.0 Å². The third-order valence-electron chi connectivity index (χ3n) is 2.73. The van der Waals surface area contributed by atoms with Gasteiger partial charge in [-0.1, -0.05) is 6.07 Å². The van der Waals surface area contributed by atoms with Crippen LogP contribution in [0.1, 0.15) is 0 Å². The SMILES string of the molecule is COc1cccc(-n2ncc(-c3cccnc3)n2)c1. The van der Waals surface area contributed by atoms with Crippen molar-refractivity contribution in [3.63, 3.8) is 0 Å². The minimum atomic E-state index is 0.776. The first-order valence-electron chi connectivity index (χ1n) is 5.84. The van der Waals surface area contributed by atoms with Crippen LogP contribution in [-0.2, 0) is 0 Å². The molecule has 5 nitrogen and oxygen atoms in total. The summed E-state index contributed by atoms with van der Waals surface area (Å²) in [5.41, 5.74) is 2.59. The van der Waals surface area contributed by atoms with Gasteiger partial charge in [0.15, 0.2) is 0 Å². The smallest absolute Gasteiger partial charge is 0.121 e. The van der Waals surface area contributed by atoms with Crippen molar-refractivity contribution in [2.24, 2.45) is 0 Å². The van der Waals surface area contributed by atoms with Crippen LogP contribution in [0.25, 0.3) is 16.9 Å².